The predicted octanol–water partition coefficient (Wildman–Crippen LogP) is 3.79. The standard InChI is InChI=1S/C17H17FN2O2S/c18-14-8-4-7-13-15(9-10-23-16(13)14)19-17(21)20-22-11-12-5-2-1-3-6-12/h1-8,15H,9-11H2,(H2,19,20,21)/t15-/m0/s1. The third-order valence-electron chi connectivity index (χ3n) is 3.58. The van der Waals surface area contributed by atoms with Crippen LogP contribution in [0.1, 0.15) is 23.6 Å². The molecule has 2 aromatic rings. The van der Waals surface area contributed by atoms with Gasteiger partial charge in [-0.3, -0.25) is 4.84 Å². The number of urea groups is 1. The van der Waals surface area contributed by atoms with Gasteiger partial charge in [-0.05, 0) is 23.6 Å². The van der Waals surface area contributed by atoms with Crippen molar-refractivity contribution in [1.82, 2.24) is 10.8 Å². The van der Waals surface area contributed by atoms with E-state index in [1.165, 1.54) is 17.8 Å². The normalized spacial score (nSPS) is 16.5. The van der Waals surface area contributed by atoms with Gasteiger partial charge in [0.15, 0.2) is 0 Å². The number of hydroxylamine groups is 1. The minimum Gasteiger partial charge on any atom is -0.330 e. The summed E-state index contributed by atoms with van der Waals surface area (Å²) in [6.45, 7) is 0.292. The smallest absolute Gasteiger partial charge is 0.330 e. The van der Waals surface area contributed by atoms with E-state index in [2.05, 4.69) is 10.8 Å². The molecule has 0 saturated heterocycles. The Labute approximate surface area is 138 Å². The number of carbonyl (C=O) groups excluding carboxylic acids is 1. The summed E-state index contributed by atoms with van der Waals surface area (Å²) >= 11 is 1.48. The molecule has 1 atom stereocenters. The second-order valence-electron chi connectivity index (χ2n) is 5.20. The minimum atomic E-state index is -0.423. The Morgan fingerprint density at radius 2 is 2.04 bits per heavy atom. The molecule has 1 aliphatic heterocycles. The zero-order valence-corrected chi connectivity index (χ0v) is 13.2. The Hall–Kier alpha value is -2.05. The van der Waals surface area contributed by atoms with Crippen molar-refractivity contribution >= 4 is 17.8 Å². The van der Waals surface area contributed by atoms with E-state index in [0.717, 1.165) is 23.3 Å². The Morgan fingerprint density at radius 1 is 1.22 bits per heavy atom. The average molecular weight is 332 g/mol. The minimum absolute atomic E-state index is 0.206. The Morgan fingerprint density at radius 3 is 2.87 bits per heavy atom. The lowest BCUT2D eigenvalue weighted by Crippen LogP contribution is -2.39. The molecule has 0 aromatic heterocycles. The molecule has 6 heteroatoms. The lowest BCUT2D eigenvalue weighted by Gasteiger charge is -2.26. The van der Waals surface area contributed by atoms with Crippen LogP contribution in [0.4, 0.5) is 9.18 Å². The van der Waals surface area contributed by atoms with E-state index in [1.807, 2.05) is 36.4 Å². The highest BCUT2D eigenvalue weighted by atomic mass is 32.2. The van der Waals surface area contributed by atoms with E-state index in [-0.39, 0.29) is 11.9 Å². The maximum Gasteiger partial charge on any atom is 0.339 e. The summed E-state index contributed by atoms with van der Waals surface area (Å²) in [5.74, 6) is 0.531. The summed E-state index contributed by atoms with van der Waals surface area (Å²) in [5.41, 5.74) is 4.16. The number of hydrogen-bond acceptors (Lipinski definition) is 3. The molecule has 0 spiro atoms. The predicted molar refractivity (Wildman–Crippen MR) is 87.4 cm³/mol. The second-order valence-corrected chi connectivity index (χ2v) is 6.30. The first-order valence-electron chi connectivity index (χ1n) is 7.37. The van der Waals surface area contributed by atoms with Gasteiger partial charge in [0.2, 0.25) is 0 Å². The molecule has 0 radical (unpaired) electrons. The van der Waals surface area contributed by atoms with E-state index < -0.39 is 6.03 Å². The van der Waals surface area contributed by atoms with Crippen LogP contribution >= 0.6 is 11.8 Å². The van der Waals surface area contributed by atoms with Gasteiger partial charge in [0.05, 0.1) is 12.6 Å². The second kappa shape index (κ2) is 7.48. The molecule has 2 amide bonds. The van der Waals surface area contributed by atoms with Crippen LogP contribution in [0, 0.1) is 5.82 Å². The van der Waals surface area contributed by atoms with E-state index in [0.29, 0.717) is 11.5 Å². The Kier molecular flexibility index (Phi) is 5.15. The third kappa shape index (κ3) is 4.03. The molecular formula is C17H17FN2O2S. The van der Waals surface area contributed by atoms with E-state index >= 15 is 0 Å². The lowest BCUT2D eigenvalue weighted by molar-refractivity contribution is 0.0480. The summed E-state index contributed by atoms with van der Waals surface area (Å²) in [4.78, 5) is 17.8. The summed E-state index contributed by atoms with van der Waals surface area (Å²) in [5, 5.41) is 2.83. The molecule has 2 N–H and O–H groups in total. The van der Waals surface area contributed by atoms with Crippen LogP contribution in [0.15, 0.2) is 53.4 Å². The fourth-order valence-electron chi connectivity index (χ4n) is 2.48. The van der Waals surface area contributed by atoms with Crippen molar-refractivity contribution in [2.45, 2.75) is 24.0 Å². The first-order chi connectivity index (χ1) is 11.2. The number of nitrogens with one attached hydrogen (secondary N) is 2. The molecule has 4 nitrogen and oxygen atoms in total. The Balaban J connectivity index is 1.54. The molecule has 0 saturated carbocycles. The van der Waals surface area contributed by atoms with Crippen molar-refractivity contribution in [2.75, 3.05) is 5.75 Å². The van der Waals surface area contributed by atoms with Gasteiger partial charge in [-0.1, -0.05) is 42.5 Å². The summed E-state index contributed by atoms with van der Waals surface area (Å²) in [6, 6.07) is 13.9. The van der Waals surface area contributed by atoms with Crippen molar-refractivity contribution in [3.05, 3.63) is 65.5 Å². The van der Waals surface area contributed by atoms with Gasteiger partial charge in [0.25, 0.3) is 0 Å². The molecule has 0 fully saturated rings. The summed E-state index contributed by atoms with van der Waals surface area (Å²) in [7, 11) is 0. The first-order valence-corrected chi connectivity index (χ1v) is 8.36. The van der Waals surface area contributed by atoms with Gasteiger partial charge in [0.1, 0.15) is 5.82 Å². The van der Waals surface area contributed by atoms with E-state index in [9.17, 15) is 9.18 Å². The number of halogens is 1. The molecule has 0 aliphatic carbocycles. The van der Waals surface area contributed by atoms with E-state index in [4.69, 9.17) is 4.84 Å². The van der Waals surface area contributed by atoms with Gasteiger partial charge in [0, 0.05) is 10.6 Å². The van der Waals surface area contributed by atoms with Crippen LogP contribution in [0.5, 0.6) is 0 Å². The molecule has 0 unspecified atom stereocenters. The van der Waals surface area contributed by atoms with Crippen LogP contribution in [-0.2, 0) is 11.4 Å². The van der Waals surface area contributed by atoms with Crippen LogP contribution in [0.25, 0.3) is 0 Å². The van der Waals surface area contributed by atoms with Crippen LogP contribution < -0.4 is 10.8 Å². The number of rotatable bonds is 4. The van der Waals surface area contributed by atoms with E-state index in [1.54, 1.807) is 6.07 Å². The topological polar surface area (TPSA) is 50.4 Å². The van der Waals surface area contributed by atoms with Gasteiger partial charge in [-0.15, -0.1) is 11.8 Å². The highest BCUT2D eigenvalue weighted by Crippen LogP contribution is 2.37. The molecule has 2 aromatic carbocycles. The number of thioether (sulfide) groups is 1. The highest BCUT2D eigenvalue weighted by molar-refractivity contribution is 7.99. The fourth-order valence-corrected chi connectivity index (χ4v) is 3.62. The number of amides is 2. The van der Waals surface area contributed by atoms with Crippen molar-refractivity contribution in [2.24, 2.45) is 0 Å². The monoisotopic (exact) mass is 332 g/mol. The van der Waals surface area contributed by atoms with Crippen molar-refractivity contribution < 1.29 is 14.0 Å². The van der Waals surface area contributed by atoms with Crippen molar-refractivity contribution in [3.8, 4) is 0 Å². The SMILES string of the molecule is O=C(NOCc1ccccc1)N[C@H]1CCSc2c(F)cccc21. The average Bonchev–Trinajstić information content (AvgIpc) is 2.57. The van der Waals surface area contributed by atoms with Crippen LogP contribution in [-0.4, -0.2) is 11.8 Å². The van der Waals surface area contributed by atoms with Crippen molar-refractivity contribution in [1.29, 1.82) is 0 Å². The maximum absolute atomic E-state index is 13.8. The third-order valence-corrected chi connectivity index (χ3v) is 4.74. The molecule has 1 heterocycles. The zero-order valence-electron chi connectivity index (χ0n) is 12.4. The fraction of sp³-hybridized carbons (Fsp3) is 0.235. The number of hydrogen-bond donors (Lipinski definition) is 2. The molecular weight excluding hydrogens is 315 g/mol. The highest BCUT2D eigenvalue weighted by Gasteiger charge is 2.24. The van der Waals surface area contributed by atoms with Gasteiger partial charge >= 0.3 is 6.03 Å². The number of fused-ring (bicyclic) bond motifs is 1. The van der Waals surface area contributed by atoms with Gasteiger partial charge < -0.3 is 5.32 Å². The van der Waals surface area contributed by atoms with Gasteiger partial charge in [-0.2, -0.15) is 0 Å². The molecule has 3 rings (SSSR count). The number of benzene rings is 2. The molecule has 1 aliphatic rings. The van der Waals surface area contributed by atoms with Crippen molar-refractivity contribution in [3.63, 3.8) is 0 Å². The molecule has 0 bridgehead atoms. The quantitative estimate of drug-likeness (QED) is 0.838. The number of carbonyl (C=O) groups is 1. The summed E-state index contributed by atoms with van der Waals surface area (Å²) in [6.07, 6.45) is 0.757. The molecule has 23 heavy (non-hydrogen) atoms. The van der Waals surface area contributed by atoms with Crippen LogP contribution in [0.3, 0.4) is 0 Å². The first kappa shape index (κ1) is 15.8. The largest absolute Gasteiger partial charge is 0.339 e. The maximum atomic E-state index is 13.8. The molecule has 120 valence electrons. The summed E-state index contributed by atoms with van der Waals surface area (Å²) < 4.78 is 13.8. The Bertz CT molecular complexity index is 682. The van der Waals surface area contributed by atoms with Gasteiger partial charge in [-0.25, -0.2) is 14.7 Å². The van der Waals surface area contributed by atoms with Crippen LogP contribution in [0.2, 0.25) is 0 Å². The lowest BCUT2D eigenvalue weighted by atomic mass is 10.0. The zero-order chi connectivity index (χ0) is 16.1.